The van der Waals surface area contributed by atoms with E-state index in [4.69, 9.17) is 0 Å². The number of sulfonamides is 1. The van der Waals surface area contributed by atoms with Crippen LogP contribution in [0.4, 0.5) is 11.5 Å². The predicted octanol–water partition coefficient (Wildman–Crippen LogP) is 6.26. The van der Waals surface area contributed by atoms with Gasteiger partial charge in [0.15, 0.2) is 0 Å². The SMILES string of the molecule is CC1CCCC(C)N1c1ccc(S(=O)(=O)N2CC(=O)N(c3cc(-c4ccccc4)sc3C(=O)O)C(C3CCCCC3)C2)cn1. The van der Waals surface area contributed by atoms with Gasteiger partial charge in [-0.3, -0.25) is 4.79 Å². The van der Waals surface area contributed by atoms with E-state index in [0.29, 0.717) is 17.8 Å². The van der Waals surface area contributed by atoms with E-state index in [9.17, 15) is 23.1 Å². The molecule has 1 aliphatic carbocycles. The third-order valence-electron chi connectivity index (χ3n) is 9.54. The molecule has 1 amide bonds. The number of piperazine rings is 1. The summed E-state index contributed by atoms with van der Waals surface area (Å²) in [4.78, 5) is 35.8. The maximum atomic E-state index is 14.0. The molecule has 0 radical (unpaired) electrons. The fraction of sp³-hybridized carbons (Fsp3) is 0.485. The fourth-order valence-corrected chi connectivity index (χ4v) is 9.65. The Morgan fingerprint density at radius 3 is 2.30 bits per heavy atom. The molecule has 234 valence electrons. The van der Waals surface area contributed by atoms with Crippen LogP contribution in [0.1, 0.15) is 74.9 Å². The van der Waals surface area contributed by atoms with Crippen LogP contribution in [-0.4, -0.2) is 65.9 Å². The Morgan fingerprint density at radius 1 is 0.955 bits per heavy atom. The van der Waals surface area contributed by atoms with Crippen molar-refractivity contribution in [2.24, 2.45) is 5.92 Å². The van der Waals surface area contributed by atoms with E-state index in [-0.39, 0.29) is 28.8 Å². The Hall–Kier alpha value is -3.28. The summed E-state index contributed by atoms with van der Waals surface area (Å²) in [6, 6.07) is 14.9. The highest BCUT2D eigenvalue weighted by Crippen LogP contribution is 2.42. The van der Waals surface area contributed by atoms with Crippen molar-refractivity contribution < 1.29 is 23.1 Å². The van der Waals surface area contributed by atoms with Crippen molar-refractivity contribution in [2.45, 2.75) is 88.2 Å². The van der Waals surface area contributed by atoms with Gasteiger partial charge in [0.2, 0.25) is 15.9 Å². The van der Waals surface area contributed by atoms with Crippen LogP contribution in [-0.2, 0) is 14.8 Å². The summed E-state index contributed by atoms with van der Waals surface area (Å²) < 4.78 is 29.3. The largest absolute Gasteiger partial charge is 0.477 e. The number of benzene rings is 1. The highest BCUT2D eigenvalue weighted by atomic mass is 32.2. The number of pyridine rings is 1. The Labute approximate surface area is 263 Å². The predicted molar refractivity (Wildman–Crippen MR) is 173 cm³/mol. The number of amides is 1. The third-order valence-corrected chi connectivity index (χ3v) is 12.5. The molecular weight excluding hydrogens is 597 g/mol. The van der Waals surface area contributed by atoms with Crippen molar-refractivity contribution in [3.8, 4) is 10.4 Å². The summed E-state index contributed by atoms with van der Waals surface area (Å²) >= 11 is 1.14. The van der Waals surface area contributed by atoms with Gasteiger partial charge in [0.25, 0.3) is 0 Å². The number of carbonyl (C=O) groups excluding carboxylic acids is 1. The normalized spacial score (nSPS) is 24.0. The Morgan fingerprint density at radius 2 is 1.66 bits per heavy atom. The molecular formula is C33H40N4O5S2. The maximum absolute atomic E-state index is 14.0. The Kier molecular flexibility index (Phi) is 8.81. The molecule has 0 spiro atoms. The molecule has 3 fully saturated rings. The minimum atomic E-state index is -4.02. The van der Waals surface area contributed by atoms with E-state index in [1.54, 1.807) is 23.1 Å². The summed E-state index contributed by atoms with van der Waals surface area (Å²) in [5, 5.41) is 10.2. The molecule has 3 unspecified atom stereocenters. The highest BCUT2D eigenvalue weighted by Gasteiger charge is 2.44. The van der Waals surface area contributed by atoms with Crippen molar-refractivity contribution >= 4 is 44.7 Å². The zero-order valence-electron chi connectivity index (χ0n) is 25.3. The number of nitrogens with zero attached hydrogens (tertiary/aromatic N) is 4. The average Bonchev–Trinajstić information content (AvgIpc) is 3.47. The second kappa shape index (κ2) is 12.6. The number of hydrogen-bond donors (Lipinski definition) is 1. The molecule has 1 saturated carbocycles. The lowest BCUT2D eigenvalue weighted by atomic mass is 9.82. The number of piperidine rings is 1. The van der Waals surface area contributed by atoms with Gasteiger partial charge >= 0.3 is 5.97 Å². The fourth-order valence-electron chi connectivity index (χ4n) is 7.30. The van der Waals surface area contributed by atoms with Gasteiger partial charge in [-0.15, -0.1) is 11.3 Å². The molecule has 3 aliphatic rings. The minimum Gasteiger partial charge on any atom is -0.477 e. The number of thiophene rings is 1. The first-order chi connectivity index (χ1) is 21.1. The van der Waals surface area contributed by atoms with Crippen LogP contribution in [0.5, 0.6) is 0 Å². The van der Waals surface area contributed by atoms with E-state index in [0.717, 1.165) is 72.5 Å². The molecule has 3 atom stereocenters. The van der Waals surface area contributed by atoms with Crippen molar-refractivity contribution in [3.05, 3.63) is 59.6 Å². The molecule has 3 aromatic rings. The Balaban J connectivity index is 1.32. The minimum absolute atomic E-state index is 0.0648. The molecule has 2 saturated heterocycles. The van der Waals surface area contributed by atoms with Gasteiger partial charge in [-0.1, -0.05) is 49.6 Å². The van der Waals surface area contributed by atoms with Crippen molar-refractivity contribution in [2.75, 3.05) is 22.9 Å². The first kappa shape index (κ1) is 30.7. The molecule has 2 aromatic heterocycles. The van der Waals surface area contributed by atoms with Crippen LogP contribution in [0.3, 0.4) is 0 Å². The van der Waals surface area contributed by atoms with E-state index in [2.05, 4.69) is 23.7 Å². The number of rotatable bonds is 7. The van der Waals surface area contributed by atoms with Crippen molar-refractivity contribution in [1.29, 1.82) is 0 Å². The number of aromatic nitrogens is 1. The molecule has 1 aromatic carbocycles. The van der Waals surface area contributed by atoms with Gasteiger partial charge < -0.3 is 14.9 Å². The molecule has 2 aliphatic heterocycles. The van der Waals surface area contributed by atoms with Crippen LogP contribution in [0.2, 0.25) is 0 Å². The number of carboxylic acid groups (broad SMARTS) is 1. The lowest BCUT2D eigenvalue weighted by Crippen LogP contribution is -2.60. The van der Waals surface area contributed by atoms with Gasteiger partial charge in [0.05, 0.1) is 18.3 Å². The zero-order valence-corrected chi connectivity index (χ0v) is 26.9. The number of carbonyl (C=O) groups is 2. The topological polar surface area (TPSA) is 111 Å². The van der Waals surface area contributed by atoms with E-state index >= 15 is 0 Å². The number of aromatic carboxylic acids is 1. The third kappa shape index (κ3) is 5.89. The second-order valence-corrected chi connectivity index (χ2v) is 15.4. The lowest BCUT2D eigenvalue weighted by Gasteiger charge is -2.45. The molecule has 11 heteroatoms. The van der Waals surface area contributed by atoms with E-state index in [1.165, 1.54) is 16.9 Å². The summed E-state index contributed by atoms with van der Waals surface area (Å²) in [5.41, 5.74) is 1.23. The summed E-state index contributed by atoms with van der Waals surface area (Å²) in [7, 11) is -4.02. The highest BCUT2D eigenvalue weighted by molar-refractivity contribution is 7.89. The van der Waals surface area contributed by atoms with E-state index < -0.39 is 27.9 Å². The van der Waals surface area contributed by atoms with Crippen molar-refractivity contribution in [3.63, 3.8) is 0 Å². The smallest absolute Gasteiger partial charge is 0.348 e. The van der Waals surface area contributed by atoms with Crippen LogP contribution in [0.25, 0.3) is 10.4 Å². The summed E-state index contributed by atoms with van der Waals surface area (Å²) in [5.74, 6) is -0.677. The Bertz CT molecular complexity index is 1590. The zero-order chi connectivity index (χ0) is 31.0. The number of anilines is 2. The van der Waals surface area contributed by atoms with Gasteiger partial charge in [-0.25, -0.2) is 18.2 Å². The summed E-state index contributed by atoms with van der Waals surface area (Å²) in [6.45, 7) is 4.09. The monoisotopic (exact) mass is 636 g/mol. The molecule has 6 rings (SSSR count). The quantitative estimate of drug-likeness (QED) is 0.326. The lowest BCUT2D eigenvalue weighted by molar-refractivity contribution is -0.121. The van der Waals surface area contributed by atoms with Gasteiger partial charge in [0, 0.05) is 29.7 Å². The molecule has 9 nitrogen and oxygen atoms in total. The van der Waals surface area contributed by atoms with Gasteiger partial charge in [-0.2, -0.15) is 4.31 Å². The molecule has 0 bridgehead atoms. The first-order valence-electron chi connectivity index (χ1n) is 15.6. The van der Waals surface area contributed by atoms with E-state index in [1.807, 2.05) is 30.3 Å². The molecule has 1 N–H and O–H groups in total. The van der Waals surface area contributed by atoms with Gasteiger partial charge in [-0.05, 0) is 75.6 Å². The molecule has 4 heterocycles. The first-order valence-corrected chi connectivity index (χ1v) is 17.9. The second-order valence-electron chi connectivity index (χ2n) is 12.4. The molecule has 44 heavy (non-hydrogen) atoms. The summed E-state index contributed by atoms with van der Waals surface area (Å²) in [6.07, 6.45) is 9.55. The van der Waals surface area contributed by atoms with Crippen LogP contribution in [0.15, 0.2) is 59.6 Å². The maximum Gasteiger partial charge on any atom is 0.348 e. The van der Waals surface area contributed by atoms with Crippen molar-refractivity contribution in [1.82, 2.24) is 9.29 Å². The average molecular weight is 637 g/mol. The number of hydrogen-bond acceptors (Lipinski definition) is 7. The standard InChI is InChI=1S/C33H40N4O5S2/c1-22-10-9-11-23(2)36(22)30-17-16-26(19-34-30)44(41,42)35-20-28(24-12-5-3-6-13-24)37(31(38)21-35)27-18-29(43-32(27)33(39)40)25-14-7-4-8-15-25/h4,7-8,14-19,22-24,28H,3,5-6,9-13,20-21H2,1-2H3,(H,39,40). The van der Waals surface area contributed by atoms with Gasteiger partial charge in [0.1, 0.15) is 15.6 Å². The van der Waals surface area contributed by atoms with Crippen LogP contribution in [0, 0.1) is 5.92 Å². The van der Waals surface area contributed by atoms with Crippen LogP contribution < -0.4 is 9.80 Å². The number of carboxylic acids is 1. The van der Waals surface area contributed by atoms with Crippen LogP contribution >= 0.6 is 11.3 Å².